The molecule has 94 valence electrons. The Labute approximate surface area is 107 Å². The molecule has 0 fully saturated rings. The molecule has 3 heteroatoms. The van der Waals surface area contributed by atoms with Crippen molar-refractivity contribution >= 4 is 5.97 Å². The summed E-state index contributed by atoms with van der Waals surface area (Å²) in [5, 5.41) is 9.31. The van der Waals surface area contributed by atoms with Gasteiger partial charge in [-0.25, -0.2) is 0 Å². The van der Waals surface area contributed by atoms with E-state index in [1.165, 1.54) is 5.56 Å². The van der Waals surface area contributed by atoms with Crippen LogP contribution in [0.2, 0.25) is 0 Å². The summed E-state index contributed by atoms with van der Waals surface area (Å²) in [5.41, 5.74) is 2.39. The summed E-state index contributed by atoms with van der Waals surface area (Å²) in [6, 6.07) is 7.65. The lowest BCUT2D eigenvalue weighted by Gasteiger charge is -2.33. The predicted molar refractivity (Wildman–Crippen MR) is 70.0 cm³/mol. The van der Waals surface area contributed by atoms with Crippen molar-refractivity contribution in [2.45, 2.75) is 32.4 Å². The summed E-state index contributed by atoms with van der Waals surface area (Å²) in [4.78, 5) is 13.3. The highest BCUT2D eigenvalue weighted by Crippen LogP contribution is 2.23. The molecule has 3 nitrogen and oxygen atoms in total. The topological polar surface area (TPSA) is 40.5 Å². The summed E-state index contributed by atoms with van der Waals surface area (Å²) in [5.74, 6) is 5.10. The second-order valence-electron chi connectivity index (χ2n) is 4.47. The van der Waals surface area contributed by atoms with Crippen molar-refractivity contribution in [1.82, 2.24) is 4.90 Å². The number of fused-ring (bicyclic) bond motifs is 1. The molecule has 1 aliphatic heterocycles. The van der Waals surface area contributed by atoms with Crippen molar-refractivity contribution in [3.8, 4) is 11.8 Å². The number of aliphatic carboxylic acids is 1. The van der Waals surface area contributed by atoms with E-state index in [2.05, 4.69) is 17.9 Å². The Morgan fingerprint density at radius 3 is 2.83 bits per heavy atom. The van der Waals surface area contributed by atoms with E-state index in [1.54, 1.807) is 6.92 Å². The zero-order valence-corrected chi connectivity index (χ0v) is 10.5. The molecule has 1 aromatic carbocycles. The lowest BCUT2D eigenvalue weighted by Crippen LogP contribution is -2.45. The van der Waals surface area contributed by atoms with Gasteiger partial charge in [-0.3, -0.25) is 9.69 Å². The average molecular weight is 243 g/mol. The Morgan fingerprint density at radius 1 is 1.44 bits per heavy atom. The first-order valence-electron chi connectivity index (χ1n) is 6.15. The van der Waals surface area contributed by atoms with Gasteiger partial charge < -0.3 is 5.11 Å². The number of carboxylic acids is 1. The zero-order chi connectivity index (χ0) is 13.0. The van der Waals surface area contributed by atoms with Crippen molar-refractivity contribution in [2.24, 2.45) is 0 Å². The fourth-order valence-corrected chi connectivity index (χ4v) is 2.38. The minimum Gasteiger partial charge on any atom is -0.480 e. The number of rotatable bonds is 3. The van der Waals surface area contributed by atoms with E-state index in [4.69, 9.17) is 0 Å². The molecule has 0 aromatic heterocycles. The number of benzene rings is 1. The SMILES string of the molecule is CC#CCCN1Cc2ccccc2CC1C(=O)O. The second-order valence-corrected chi connectivity index (χ2v) is 4.47. The van der Waals surface area contributed by atoms with Gasteiger partial charge in [0.1, 0.15) is 6.04 Å². The predicted octanol–water partition coefficient (Wildman–Crippen LogP) is 1.91. The van der Waals surface area contributed by atoms with Crippen molar-refractivity contribution in [2.75, 3.05) is 6.54 Å². The summed E-state index contributed by atoms with van der Waals surface area (Å²) in [6.45, 7) is 3.23. The molecular formula is C15H17NO2. The molecule has 2 rings (SSSR count). The van der Waals surface area contributed by atoms with E-state index in [0.29, 0.717) is 19.5 Å². The van der Waals surface area contributed by atoms with Crippen LogP contribution < -0.4 is 0 Å². The van der Waals surface area contributed by atoms with Crippen LogP contribution in [0.1, 0.15) is 24.5 Å². The van der Waals surface area contributed by atoms with E-state index in [9.17, 15) is 9.90 Å². The largest absolute Gasteiger partial charge is 0.480 e. The Morgan fingerprint density at radius 2 is 2.17 bits per heavy atom. The Kier molecular flexibility index (Phi) is 4.01. The highest BCUT2D eigenvalue weighted by molar-refractivity contribution is 5.74. The van der Waals surface area contributed by atoms with Crippen LogP contribution >= 0.6 is 0 Å². The number of hydrogen-bond acceptors (Lipinski definition) is 2. The van der Waals surface area contributed by atoms with Gasteiger partial charge in [0.05, 0.1) is 0 Å². The molecule has 18 heavy (non-hydrogen) atoms. The molecule has 1 aromatic rings. The highest BCUT2D eigenvalue weighted by atomic mass is 16.4. The number of carbonyl (C=O) groups is 1. The first-order valence-corrected chi connectivity index (χ1v) is 6.15. The van der Waals surface area contributed by atoms with Crippen LogP contribution in [0.3, 0.4) is 0 Å². The van der Waals surface area contributed by atoms with E-state index in [-0.39, 0.29) is 0 Å². The molecule has 1 aliphatic rings. The van der Waals surface area contributed by atoms with E-state index < -0.39 is 12.0 Å². The highest BCUT2D eigenvalue weighted by Gasteiger charge is 2.30. The maximum Gasteiger partial charge on any atom is 0.321 e. The van der Waals surface area contributed by atoms with E-state index in [0.717, 1.165) is 12.0 Å². The van der Waals surface area contributed by atoms with Gasteiger partial charge in [0.15, 0.2) is 0 Å². The molecule has 0 bridgehead atoms. The van der Waals surface area contributed by atoms with Gasteiger partial charge in [0.2, 0.25) is 0 Å². The quantitative estimate of drug-likeness (QED) is 0.824. The van der Waals surface area contributed by atoms with Crippen LogP contribution in [-0.4, -0.2) is 28.6 Å². The van der Waals surface area contributed by atoms with Crippen LogP contribution in [0, 0.1) is 11.8 Å². The second kappa shape index (κ2) is 5.70. The van der Waals surface area contributed by atoms with Crippen LogP contribution in [-0.2, 0) is 17.8 Å². The summed E-state index contributed by atoms with van der Waals surface area (Å²) >= 11 is 0. The molecule has 1 N–H and O–H groups in total. The minimum atomic E-state index is -0.742. The van der Waals surface area contributed by atoms with Gasteiger partial charge >= 0.3 is 5.97 Å². The van der Waals surface area contributed by atoms with Crippen molar-refractivity contribution in [1.29, 1.82) is 0 Å². The molecule has 0 radical (unpaired) electrons. The zero-order valence-electron chi connectivity index (χ0n) is 10.5. The van der Waals surface area contributed by atoms with Crippen LogP contribution in [0.5, 0.6) is 0 Å². The molecule has 1 unspecified atom stereocenters. The minimum absolute atomic E-state index is 0.418. The lowest BCUT2D eigenvalue weighted by molar-refractivity contribution is -0.143. The van der Waals surface area contributed by atoms with Crippen molar-refractivity contribution in [3.05, 3.63) is 35.4 Å². The van der Waals surface area contributed by atoms with Crippen LogP contribution in [0.25, 0.3) is 0 Å². The van der Waals surface area contributed by atoms with Gasteiger partial charge in [-0.05, 0) is 24.5 Å². The molecule has 1 heterocycles. The maximum absolute atomic E-state index is 11.3. The average Bonchev–Trinajstić information content (AvgIpc) is 2.38. The molecular weight excluding hydrogens is 226 g/mol. The monoisotopic (exact) mass is 243 g/mol. The van der Waals surface area contributed by atoms with Gasteiger partial charge in [-0.2, -0.15) is 0 Å². The number of hydrogen-bond donors (Lipinski definition) is 1. The number of nitrogens with zero attached hydrogens (tertiary/aromatic N) is 1. The number of carboxylic acid groups (broad SMARTS) is 1. The first-order chi connectivity index (χ1) is 8.72. The fourth-order valence-electron chi connectivity index (χ4n) is 2.38. The van der Waals surface area contributed by atoms with E-state index >= 15 is 0 Å². The third-order valence-corrected chi connectivity index (χ3v) is 3.33. The molecule has 0 amide bonds. The molecule has 0 aliphatic carbocycles. The summed E-state index contributed by atoms with van der Waals surface area (Å²) < 4.78 is 0. The van der Waals surface area contributed by atoms with Gasteiger partial charge in [0, 0.05) is 19.5 Å². The van der Waals surface area contributed by atoms with Crippen molar-refractivity contribution < 1.29 is 9.90 Å². The van der Waals surface area contributed by atoms with Crippen LogP contribution in [0.4, 0.5) is 0 Å². The fraction of sp³-hybridized carbons (Fsp3) is 0.400. The summed E-state index contributed by atoms with van der Waals surface area (Å²) in [6.07, 6.45) is 1.31. The molecule has 0 saturated heterocycles. The molecule has 1 atom stereocenters. The van der Waals surface area contributed by atoms with Gasteiger partial charge in [-0.15, -0.1) is 11.8 Å². The molecule has 0 spiro atoms. The maximum atomic E-state index is 11.3. The Hall–Kier alpha value is -1.79. The van der Waals surface area contributed by atoms with Gasteiger partial charge in [0.25, 0.3) is 0 Å². The van der Waals surface area contributed by atoms with E-state index in [1.807, 2.05) is 23.1 Å². The first kappa shape index (κ1) is 12.7. The van der Waals surface area contributed by atoms with Crippen LogP contribution in [0.15, 0.2) is 24.3 Å². The standard InChI is InChI=1S/C15H17NO2/c1-2-3-6-9-16-11-13-8-5-4-7-12(13)10-14(16)15(17)18/h4-5,7-8,14H,6,9-11H2,1H3,(H,17,18). The Balaban J connectivity index is 2.17. The Bertz CT molecular complexity index is 499. The third kappa shape index (κ3) is 2.72. The smallest absolute Gasteiger partial charge is 0.321 e. The summed E-state index contributed by atoms with van der Waals surface area (Å²) in [7, 11) is 0. The normalized spacial score (nSPS) is 18.6. The lowest BCUT2D eigenvalue weighted by atomic mass is 9.94. The third-order valence-electron chi connectivity index (χ3n) is 3.33. The van der Waals surface area contributed by atoms with Gasteiger partial charge in [-0.1, -0.05) is 24.3 Å². The molecule has 0 saturated carbocycles. The van der Waals surface area contributed by atoms with Crippen molar-refractivity contribution in [3.63, 3.8) is 0 Å².